The Bertz CT molecular complexity index is 1320. The molecule has 1 aliphatic rings. The number of aromatic nitrogens is 5. The minimum atomic E-state index is -0.0579. The topological polar surface area (TPSA) is 65.1 Å². The molecular formula is C23H25N5OS2. The van der Waals surface area contributed by atoms with Crippen LogP contribution in [0.2, 0.25) is 0 Å². The summed E-state index contributed by atoms with van der Waals surface area (Å²) >= 11 is 3.42. The number of hydrogen-bond donors (Lipinski definition) is 0. The van der Waals surface area contributed by atoms with Crippen LogP contribution in [0.4, 0.5) is 0 Å². The van der Waals surface area contributed by atoms with E-state index in [1.807, 2.05) is 43.6 Å². The van der Waals surface area contributed by atoms with Crippen LogP contribution in [-0.4, -0.2) is 24.1 Å². The molecule has 0 N–H and O–H groups in total. The maximum absolute atomic E-state index is 12.4. The predicted octanol–water partition coefficient (Wildman–Crippen LogP) is 4.67. The summed E-state index contributed by atoms with van der Waals surface area (Å²) in [5, 5.41) is 9.72. The van der Waals surface area contributed by atoms with Gasteiger partial charge in [-0.15, -0.1) is 21.5 Å². The normalized spacial score (nSPS) is 16.0. The third-order valence-electron chi connectivity index (χ3n) is 6.03. The van der Waals surface area contributed by atoms with Gasteiger partial charge in [-0.25, -0.2) is 4.98 Å². The Hall–Kier alpha value is -2.45. The van der Waals surface area contributed by atoms with Gasteiger partial charge < -0.3 is 4.57 Å². The van der Waals surface area contributed by atoms with Crippen molar-refractivity contribution in [3.05, 3.63) is 62.5 Å². The Kier molecular flexibility index (Phi) is 5.44. The van der Waals surface area contributed by atoms with E-state index in [4.69, 9.17) is 0 Å². The molecule has 1 aliphatic carbocycles. The highest BCUT2D eigenvalue weighted by Gasteiger charge is 2.22. The number of fused-ring (bicyclic) bond motifs is 2. The molecular weight excluding hydrogens is 426 g/mol. The first kappa shape index (κ1) is 20.5. The van der Waals surface area contributed by atoms with E-state index in [-0.39, 0.29) is 5.56 Å². The molecule has 0 amide bonds. The highest BCUT2D eigenvalue weighted by atomic mass is 32.2. The van der Waals surface area contributed by atoms with E-state index in [0.717, 1.165) is 28.2 Å². The molecule has 0 saturated carbocycles. The lowest BCUT2D eigenvalue weighted by Gasteiger charge is -2.19. The fourth-order valence-corrected chi connectivity index (χ4v) is 6.22. The van der Waals surface area contributed by atoms with Gasteiger partial charge in [0.05, 0.1) is 10.6 Å². The van der Waals surface area contributed by atoms with E-state index in [0.29, 0.717) is 11.4 Å². The molecule has 4 heterocycles. The van der Waals surface area contributed by atoms with Crippen molar-refractivity contribution in [1.82, 2.24) is 24.1 Å². The molecule has 0 fully saturated rings. The molecule has 160 valence electrons. The summed E-state index contributed by atoms with van der Waals surface area (Å²) in [6.07, 6.45) is 6.73. The minimum Gasteiger partial charge on any atom is -0.304 e. The Balaban J connectivity index is 1.36. The summed E-state index contributed by atoms with van der Waals surface area (Å²) in [4.78, 5) is 19.8. The van der Waals surface area contributed by atoms with Crippen molar-refractivity contribution in [1.29, 1.82) is 0 Å². The Morgan fingerprint density at radius 2 is 2.13 bits per heavy atom. The van der Waals surface area contributed by atoms with Gasteiger partial charge in [0.1, 0.15) is 5.65 Å². The smallest absolute Gasteiger partial charge is 0.258 e. The van der Waals surface area contributed by atoms with Crippen LogP contribution in [-0.2, 0) is 25.6 Å². The molecule has 0 saturated heterocycles. The SMILES string of the molecule is CCC1CCc2sc(-c3nnc(SCc4cc(=O)n5cc(C)ccc5n4)n3C)cc2C1. The van der Waals surface area contributed by atoms with Gasteiger partial charge in [-0.1, -0.05) is 31.2 Å². The van der Waals surface area contributed by atoms with Gasteiger partial charge in [0.25, 0.3) is 5.56 Å². The standard InChI is InChI=1S/C23H25N5OS2/c1-4-15-6-7-18-16(9-15)10-19(31-18)22-25-26-23(27(22)3)30-13-17-11-21(29)28-12-14(2)5-8-20(28)24-17/h5,8,10-12,15H,4,6-7,9,13H2,1-3H3. The molecule has 0 spiro atoms. The van der Waals surface area contributed by atoms with Gasteiger partial charge in [-0.05, 0) is 55.4 Å². The van der Waals surface area contributed by atoms with Gasteiger partial charge in [0.15, 0.2) is 11.0 Å². The van der Waals surface area contributed by atoms with E-state index in [1.54, 1.807) is 22.2 Å². The molecule has 0 bridgehead atoms. The maximum Gasteiger partial charge on any atom is 0.258 e. The van der Waals surface area contributed by atoms with Crippen LogP contribution in [0.3, 0.4) is 0 Å². The van der Waals surface area contributed by atoms with Crippen molar-refractivity contribution >= 4 is 28.7 Å². The second-order valence-electron chi connectivity index (χ2n) is 8.25. The zero-order chi connectivity index (χ0) is 21.5. The molecule has 1 unspecified atom stereocenters. The van der Waals surface area contributed by atoms with Gasteiger partial charge in [-0.3, -0.25) is 9.20 Å². The minimum absolute atomic E-state index is 0.0579. The Morgan fingerprint density at radius 1 is 1.26 bits per heavy atom. The highest BCUT2D eigenvalue weighted by Crippen LogP contribution is 2.38. The molecule has 8 heteroatoms. The second kappa shape index (κ2) is 8.24. The summed E-state index contributed by atoms with van der Waals surface area (Å²) in [5.74, 6) is 2.30. The van der Waals surface area contributed by atoms with Crippen LogP contribution in [0.25, 0.3) is 16.3 Å². The second-order valence-corrected chi connectivity index (χ2v) is 10.3. The first-order valence-corrected chi connectivity index (χ1v) is 12.4. The van der Waals surface area contributed by atoms with E-state index in [9.17, 15) is 4.79 Å². The summed E-state index contributed by atoms with van der Waals surface area (Å²) in [7, 11) is 2.01. The first-order valence-electron chi connectivity index (χ1n) is 10.6. The molecule has 5 rings (SSSR count). The van der Waals surface area contributed by atoms with Gasteiger partial charge in [-0.2, -0.15) is 0 Å². The van der Waals surface area contributed by atoms with Crippen molar-refractivity contribution < 1.29 is 0 Å². The van der Waals surface area contributed by atoms with Gasteiger partial charge >= 0.3 is 0 Å². The van der Waals surface area contributed by atoms with Crippen LogP contribution in [0.1, 0.15) is 41.5 Å². The molecule has 4 aromatic rings. The first-order chi connectivity index (χ1) is 15.0. The number of hydrogen-bond acceptors (Lipinski definition) is 6. The molecule has 0 radical (unpaired) electrons. The highest BCUT2D eigenvalue weighted by molar-refractivity contribution is 7.98. The molecule has 6 nitrogen and oxygen atoms in total. The van der Waals surface area contributed by atoms with Crippen LogP contribution < -0.4 is 5.56 Å². The van der Waals surface area contributed by atoms with Gasteiger partial charge in [0.2, 0.25) is 0 Å². The quantitative estimate of drug-likeness (QED) is 0.413. The summed E-state index contributed by atoms with van der Waals surface area (Å²) < 4.78 is 3.64. The average Bonchev–Trinajstić information content (AvgIpc) is 3.35. The zero-order valence-corrected chi connectivity index (χ0v) is 19.6. The third kappa shape index (κ3) is 3.94. The number of aryl methyl sites for hydroxylation is 2. The Labute approximate surface area is 189 Å². The molecule has 0 aliphatic heterocycles. The van der Waals surface area contributed by atoms with Crippen molar-refractivity contribution in [2.45, 2.75) is 50.4 Å². The van der Waals surface area contributed by atoms with Crippen molar-refractivity contribution in [2.24, 2.45) is 13.0 Å². The number of rotatable bonds is 5. The predicted molar refractivity (Wildman–Crippen MR) is 126 cm³/mol. The number of thioether (sulfide) groups is 1. The van der Waals surface area contributed by atoms with Crippen molar-refractivity contribution in [3.63, 3.8) is 0 Å². The van der Waals surface area contributed by atoms with Crippen LogP contribution in [0, 0.1) is 12.8 Å². The molecule has 1 atom stereocenters. The number of nitrogens with zero attached hydrogens (tertiary/aromatic N) is 5. The van der Waals surface area contributed by atoms with E-state index in [2.05, 4.69) is 32.7 Å². The summed E-state index contributed by atoms with van der Waals surface area (Å²) in [6.45, 7) is 4.25. The number of thiophene rings is 1. The zero-order valence-electron chi connectivity index (χ0n) is 18.0. The van der Waals surface area contributed by atoms with Gasteiger partial charge in [0, 0.05) is 29.9 Å². The molecule has 31 heavy (non-hydrogen) atoms. The van der Waals surface area contributed by atoms with E-state index in [1.165, 1.54) is 41.0 Å². The lowest BCUT2D eigenvalue weighted by molar-refractivity contribution is 0.449. The fraction of sp³-hybridized carbons (Fsp3) is 0.391. The van der Waals surface area contributed by atoms with E-state index >= 15 is 0 Å². The Morgan fingerprint density at radius 3 is 2.97 bits per heavy atom. The maximum atomic E-state index is 12.4. The van der Waals surface area contributed by atoms with E-state index < -0.39 is 0 Å². The third-order valence-corrected chi connectivity index (χ3v) is 8.31. The number of pyridine rings is 1. The lowest BCUT2D eigenvalue weighted by atomic mass is 9.87. The molecule has 4 aromatic heterocycles. The van der Waals surface area contributed by atoms with Crippen LogP contribution in [0.5, 0.6) is 0 Å². The summed E-state index contributed by atoms with van der Waals surface area (Å²) in [5.41, 5.74) is 3.89. The summed E-state index contributed by atoms with van der Waals surface area (Å²) in [6, 6.07) is 7.77. The molecule has 0 aromatic carbocycles. The lowest BCUT2D eigenvalue weighted by Crippen LogP contribution is -2.15. The fourth-order valence-electron chi connectivity index (χ4n) is 4.18. The van der Waals surface area contributed by atoms with Crippen molar-refractivity contribution in [2.75, 3.05) is 0 Å². The largest absolute Gasteiger partial charge is 0.304 e. The van der Waals surface area contributed by atoms with Crippen LogP contribution >= 0.6 is 23.1 Å². The van der Waals surface area contributed by atoms with Crippen molar-refractivity contribution in [3.8, 4) is 10.7 Å². The average molecular weight is 452 g/mol. The monoisotopic (exact) mass is 451 g/mol. The van der Waals surface area contributed by atoms with Crippen LogP contribution in [0.15, 0.2) is 40.4 Å².